The molecule has 1 saturated carbocycles. The summed E-state index contributed by atoms with van der Waals surface area (Å²) in [4.78, 5) is 23.9. The number of carbonyl (C=O) groups is 1. The monoisotopic (exact) mass is 465 g/mol. The summed E-state index contributed by atoms with van der Waals surface area (Å²) >= 11 is 6.19. The molecule has 0 aromatic heterocycles. The van der Waals surface area contributed by atoms with Crippen LogP contribution in [0.5, 0.6) is 5.75 Å². The number of methoxy groups -OCH3 is 1. The Kier molecular flexibility index (Phi) is 6.44. The fourth-order valence-corrected chi connectivity index (χ4v) is 6.04. The van der Waals surface area contributed by atoms with E-state index in [2.05, 4.69) is 4.90 Å². The summed E-state index contributed by atoms with van der Waals surface area (Å²) in [6.07, 6.45) is 8.87. The van der Waals surface area contributed by atoms with Crippen molar-refractivity contribution in [3.63, 3.8) is 0 Å². The predicted molar refractivity (Wildman–Crippen MR) is 134 cm³/mol. The van der Waals surface area contributed by atoms with Crippen LogP contribution in [0.25, 0.3) is 0 Å². The summed E-state index contributed by atoms with van der Waals surface area (Å²) in [5.41, 5.74) is 1.29. The van der Waals surface area contributed by atoms with Crippen molar-refractivity contribution in [3.8, 4) is 5.75 Å². The van der Waals surface area contributed by atoms with E-state index in [1.165, 1.54) is 25.7 Å². The van der Waals surface area contributed by atoms with Gasteiger partial charge in [0.05, 0.1) is 29.9 Å². The lowest BCUT2D eigenvalue weighted by Crippen LogP contribution is -2.52. The lowest BCUT2D eigenvalue weighted by atomic mass is 9.69. The number of likely N-dealkylation sites (tertiary alicyclic amines) is 1. The molecule has 3 aliphatic rings. The minimum Gasteiger partial charge on any atom is -0.497 e. The van der Waals surface area contributed by atoms with Gasteiger partial charge in [0.15, 0.2) is 0 Å². The molecule has 2 heterocycles. The number of carbonyl (C=O) groups excluding carboxylic acids is 1. The molecule has 1 aliphatic carbocycles. The molecule has 2 aliphatic heterocycles. The van der Waals surface area contributed by atoms with Gasteiger partial charge in [0.1, 0.15) is 11.6 Å². The number of halogens is 1. The van der Waals surface area contributed by atoms with Gasteiger partial charge in [0.2, 0.25) is 5.91 Å². The minimum atomic E-state index is -0.402. The Bertz CT molecular complexity index is 1010. The molecule has 33 heavy (non-hydrogen) atoms. The number of nitrogens with zero attached hydrogens (tertiary/aromatic N) is 3. The number of hydrogen-bond donors (Lipinski definition) is 0. The fourth-order valence-electron chi connectivity index (χ4n) is 5.91. The maximum Gasteiger partial charge on any atom is 0.240 e. The average molecular weight is 466 g/mol. The zero-order chi connectivity index (χ0) is 22.8. The largest absolute Gasteiger partial charge is 0.497 e. The van der Waals surface area contributed by atoms with Crippen molar-refractivity contribution in [2.75, 3.05) is 25.1 Å². The second kappa shape index (κ2) is 9.47. The van der Waals surface area contributed by atoms with Crippen molar-refractivity contribution in [3.05, 3.63) is 53.6 Å². The van der Waals surface area contributed by atoms with Gasteiger partial charge in [0, 0.05) is 5.02 Å². The number of amidine groups is 1. The van der Waals surface area contributed by atoms with Gasteiger partial charge in [-0.2, -0.15) is 0 Å². The first-order chi connectivity index (χ1) is 16.1. The maximum atomic E-state index is 14.3. The summed E-state index contributed by atoms with van der Waals surface area (Å²) in [6.45, 7) is 2.05. The van der Waals surface area contributed by atoms with E-state index in [9.17, 15) is 4.79 Å². The van der Waals surface area contributed by atoms with Gasteiger partial charge in [-0.05, 0) is 87.3 Å². The van der Waals surface area contributed by atoms with Crippen LogP contribution in [0.15, 0.2) is 53.5 Å². The molecule has 1 amide bonds. The summed E-state index contributed by atoms with van der Waals surface area (Å²) in [7, 11) is 1.66. The highest BCUT2D eigenvalue weighted by Gasteiger charge is 2.60. The molecule has 0 unspecified atom stereocenters. The number of anilines is 1. The molecule has 2 aromatic rings. The lowest BCUT2D eigenvalue weighted by Gasteiger charge is -2.42. The zero-order valence-electron chi connectivity index (χ0n) is 19.3. The van der Waals surface area contributed by atoms with Gasteiger partial charge >= 0.3 is 0 Å². The van der Waals surface area contributed by atoms with E-state index in [-0.39, 0.29) is 11.9 Å². The Morgan fingerprint density at radius 2 is 1.55 bits per heavy atom. The summed E-state index contributed by atoms with van der Waals surface area (Å²) in [5.74, 6) is 1.86. The van der Waals surface area contributed by atoms with Crippen LogP contribution in [0.2, 0.25) is 5.02 Å². The molecular formula is C27H32ClN3O2. The number of aliphatic imine (C=N–C) groups is 1. The zero-order valence-corrected chi connectivity index (χ0v) is 20.1. The van der Waals surface area contributed by atoms with Crippen molar-refractivity contribution in [2.24, 2.45) is 10.4 Å². The van der Waals surface area contributed by atoms with Gasteiger partial charge in [-0.3, -0.25) is 14.6 Å². The van der Waals surface area contributed by atoms with Gasteiger partial charge in [-0.25, -0.2) is 4.99 Å². The fraction of sp³-hybridized carbons (Fsp3) is 0.481. The molecule has 0 N–H and O–H groups in total. The van der Waals surface area contributed by atoms with Crippen LogP contribution in [0.3, 0.4) is 0 Å². The van der Waals surface area contributed by atoms with E-state index in [4.69, 9.17) is 21.3 Å². The van der Waals surface area contributed by atoms with E-state index in [0.717, 1.165) is 61.7 Å². The van der Waals surface area contributed by atoms with Gasteiger partial charge in [0.25, 0.3) is 0 Å². The van der Waals surface area contributed by atoms with Crippen LogP contribution >= 0.6 is 11.6 Å². The topological polar surface area (TPSA) is 45.1 Å². The molecule has 174 valence electrons. The Labute approximate surface area is 201 Å². The first-order valence-electron chi connectivity index (χ1n) is 12.2. The first-order valence-corrected chi connectivity index (χ1v) is 12.6. The Morgan fingerprint density at radius 3 is 2.18 bits per heavy atom. The van der Waals surface area contributed by atoms with Crippen molar-refractivity contribution in [1.82, 2.24) is 4.90 Å². The molecule has 2 aromatic carbocycles. The lowest BCUT2D eigenvalue weighted by molar-refractivity contribution is -0.130. The molecule has 5 nitrogen and oxygen atoms in total. The highest BCUT2D eigenvalue weighted by Crippen LogP contribution is 2.50. The van der Waals surface area contributed by atoms with Crippen molar-refractivity contribution >= 4 is 34.7 Å². The SMILES string of the molecule is COc1ccc(N=C2[C@H](N3CCCCC3)C3(CCCCC3)C(=O)N2c2ccc(Cl)cc2)cc1. The van der Waals surface area contributed by atoms with E-state index in [1.54, 1.807) is 7.11 Å². The molecule has 3 fully saturated rings. The number of hydrogen-bond acceptors (Lipinski definition) is 4. The molecule has 0 radical (unpaired) electrons. The van der Waals surface area contributed by atoms with Crippen molar-refractivity contribution in [2.45, 2.75) is 57.4 Å². The number of rotatable bonds is 4. The molecule has 1 atom stereocenters. The Hall–Kier alpha value is -2.37. The van der Waals surface area contributed by atoms with Crippen molar-refractivity contribution in [1.29, 1.82) is 0 Å². The minimum absolute atomic E-state index is 0.00313. The van der Waals surface area contributed by atoms with E-state index in [1.807, 2.05) is 53.4 Å². The van der Waals surface area contributed by atoms with E-state index < -0.39 is 5.41 Å². The number of amides is 1. The van der Waals surface area contributed by atoms with Crippen LogP contribution in [-0.4, -0.2) is 42.9 Å². The Balaban J connectivity index is 1.66. The molecule has 1 spiro atoms. The van der Waals surface area contributed by atoms with Crippen molar-refractivity contribution < 1.29 is 9.53 Å². The highest BCUT2D eigenvalue weighted by molar-refractivity contribution is 6.31. The second-order valence-electron chi connectivity index (χ2n) is 9.50. The number of piperidine rings is 1. The number of benzene rings is 2. The Morgan fingerprint density at radius 1 is 0.909 bits per heavy atom. The second-order valence-corrected chi connectivity index (χ2v) is 9.94. The van der Waals surface area contributed by atoms with Crippen LogP contribution in [0, 0.1) is 5.41 Å². The molecule has 0 bridgehead atoms. The van der Waals surface area contributed by atoms with Gasteiger partial charge in [-0.1, -0.05) is 37.3 Å². The molecule has 5 rings (SSSR count). The van der Waals surface area contributed by atoms with Crippen LogP contribution < -0.4 is 9.64 Å². The predicted octanol–water partition coefficient (Wildman–Crippen LogP) is 6.23. The normalized spacial score (nSPS) is 24.5. The summed E-state index contributed by atoms with van der Waals surface area (Å²) in [5, 5.41) is 0.666. The third-order valence-electron chi connectivity index (χ3n) is 7.53. The summed E-state index contributed by atoms with van der Waals surface area (Å²) in [6, 6.07) is 15.4. The van der Waals surface area contributed by atoms with Gasteiger partial charge in [-0.15, -0.1) is 0 Å². The molecule has 2 saturated heterocycles. The quantitative estimate of drug-likeness (QED) is 0.537. The van der Waals surface area contributed by atoms with Crippen LogP contribution in [-0.2, 0) is 4.79 Å². The first kappa shape index (κ1) is 22.4. The average Bonchev–Trinajstić information content (AvgIpc) is 3.08. The van der Waals surface area contributed by atoms with Crippen LogP contribution in [0.4, 0.5) is 11.4 Å². The third-order valence-corrected chi connectivity index (χ3v) is 7.78. The van der Waals surface area contributed by atoms with Gasteiger partial charge < -0.3 is 4.74 Å². The standard InChI is InChI=1S/C27H32ClN3O2/c1-33-23-14-10-21(11-15-23)29-25-24(30-18-6-3-7-19-30)27(16-4-2-5-17-27)26(32)31(25)22-12-8-20(28)9-13-22/h8-15,24H,2-7,16-19H2,1H3/t24-/m0/s1. The highest BCUT2D eigenvalue weighted by atomic mass is 35.5. The van der Waals surface area contributed by atoms with E-state index >= 15 is 0 Å². The van der Waals surface area contributed by atoms with Crippen LogP contribution in [0.1, 0.15) is 51.4 Å². The smallest absolute Gasteiger partial charge is 0.240 e. The third kappa shape index (κ3) is 4.17. The molecular weight excluding hydrogens is 434 g/mol. The van der Waals surface area contributed by atoms with E-state index in [0.29, 0.717) is 5.02 Å². The number of ether oxygens (including phenoxy) is 1. The molecule has 6 heteroatoms. The summed E-state index contributed by atoms with van der Waals surface area (Å²) < 4.78 is 5.33. The maximum absolute atomic E-state index is 14.3.